The summed E-state index contributed by atoms with van der Waals surface area (Å²) < 4.78 is 39.3. The van der Waals surface area contributed by atoms with Crippen molar-refractivity contribution >= 4 is 16.6 Å². The molecule has 2 heterocycles. The topological polar surface area (TPSA) is 55.4 Å². The summed E-state index contributed by atoms with van der Waals surface area (Å²) in [5, 5.41) is 0.239. The van der Waals surface area contributed by atoms with Gasteiger partial charge in [-0.15, -0.1) is 0 Å². The first-order valence-corrected chi connectivity index (χ1v) is 21.0. The fourth-order valence-electron chi connectivity index (χ4n) is 5.51. The zero-order valence-corrected chi connectivity index (χ0v) is 29.6. The monoisotopic (exact) mass is 592 g/mol. The third-order valence-electron chi connectivity index (χ3n) is 9.71. The van der Waals surface area contributed by atoms with Gasteiger partial charge in [-0.25, -0.2) is 0 Å². The molecular formula is C32H56O6Si2. The number of ether oxygens (including phenoxy) is 4. The molecule has 0 N–H and O–H groups in total. The minimum absolute atomic E-state index is 0.0379. The van der Waals surface area contributed by atoms with Gasteiger partial charge >= 0.3 is 0 Å². The van der Waals surface area contributed by atoms with E-state index in [9.17, 15) is 0 Å². The van der Waals surface area contributed by atoms with Crippen LogP contribution in [0.5, 0.6) is 0 Å². The van der Waals surface area contributed by atoms with Crippen molar-refractivity contribution in [3.8, 4) is 0 Å². The van der Waals surface area contributed by atoms with Crippen molar-refractivity contribution in [2.75, 3.05) is 0 Å². The second-order valence-electron chi connectivity index (χ2n) is 16.2. The molecule has 8 heteroatoms. The smallest absolute Gasteiger partial charge is 0.192 e. The molecule has 2 fully saturated rings. The molecule has 4 rings (SSSR count). The molecule has 6 atom stereocenters. The van der Waals surface area contributed by atoms with Crippen molar-refractivity contribution in [3.05, 3.63) is 35.5 Å². The molecule has 0 bridgehead atoms. The van der Waals surface area contributed by atoms with Gasteiger partial charge in [0.25, 0.3) is 0 Å². The Hall–Kier alpha value is -0.586. The van der Waals surface area contributed by atoms with E-state index in [-0.39, 0.29) is 46.7 Å². The van der Waals surface area contributed by atoms with Gasteiger partial charge in [-0.3, -0.25) is 0 Å². The predicted molar refractivity (Wildman–Crippen MR) is 166 cm³/mol. The van der Waals surface area contributed by atoms with E-state index in [4.69, 9.17) is 27.8 Å². The van der Waals surface area contributed by atoms with E-state index < -0.39 is 28.2 Å². The van der Waals surface area contributed by atoms with E-state index in [0.717, 1.165) is 12.8 Å². The molecule has 228 valence electrons. The molecule has 0 aromatic heterocycles. The van der Waals surface area contributed by atoms with Crippen LogP contribution < -0.4 is 0 Å². The van der Waals surface area contributed by atoms with Gasteiger partial charge in [-0.2, -0.15) is 0 Å². The molecule has 0 unspecified atom stereocenters. The van der Waals surface area contributed by atoms with E-state index in [2.05, 4.69) is 92.0 Å². The number of allylic oxidation sites excluding steroid dienone is 2. The second-order valence-corrected chi connectivity index (χ2v) is 25.7. The maximum atomic E-state index is 6.95. The molecule has 40 heavy (non-hydrogen) atoms. The number of hydrogen-bond acceptors (Lipinski definition) is 6. The highest BCUT2D eigenvalue weighted by Crippen LogP contribution is 2.45. The summed E-state index contributed by atoms with van der Waals surface area (Å²) in [6.07, 6.45) is 10.0. The average molecular weight is 593 g/mol. The largest absolute Gasteiger partial charge is 0.411 e. The molecule has 4 aliphatic rings. The first-order valence-electron chi connectivity index (χ1n) is 15.2. The van der Waals surface area contributed by atoms with Crippen LogP contribution in [-0.2, 0) is 27.8 Å². The van der Waals surface area contributed by atoms with E-state index >= 15 is 0 Å². The van der Waals surface area contributed by atoms with Crippen molar-refractivity contribution < 1.29 is 27.8 Å². The molecule has 2 aliphatic carbocycles. The number of fused-ring (bicyclic) bond motifs is 2. The first kappa shape index (κ1) is 32.3. The first-order chi connectivity index (χ1) is 18.0. The molecule has 2 saturated heterocycles. The zero-order chi connectivity index (χ0) is 30.1. The van der Waals surface area contributed by atoms with Crippen LogP contribution in [-0.4, -0.2) is 64.8 Å². The summed E-state index contributed by atoms with van der Waals surface area (Å²) in [6.45, 7) is 30.9. The van der Waals surface area contributed by atoms with E-state index in [1.807, 2.05) is 27.7 Å². The lowest BCUT2D eigenvalue weighted by Crippen LogP contribution is -2.50. The molecule has 0 saturated carbocycles. The second kappa shape index (κ2) is 10.5. The van der Waals surface area contributed by atoms with Crippen molar-refractivity contribution in [3.63, 3.8) is 0 Å². The Balaban J connectivity index is 1.58. The summed E-state index contributed by atoms with van der Waals surface area (Å²) in [6, 6.07) is 0. The van der Waals surface area contributed by atoms with Gasteiger partial charge in [0, 0.05) is 0 Å². The van der Waals surface area contributed by atoms with E-state index in [0.29, 0.717) is 0 Å². The Morgan fingerprint density at radius 1 is 0.650 bits per heavy atom. The summed E-state index contributed by atoms with van der Waals surface area (Å²) in [7, 11) is -4.00. The Labute approximate surface area is 246 Å². The highest BCUT2D eigenvalue weighted by molar-refractivity contribution is 6.74. The lowest BCUT2D eigenvalue weighted by atomic mass is 9.89. The molecule has 2 aliphatic heterocycles. The van der Waals surface area contributed by atoms with Crippen LogP contribution >= 0.6 is 0 Å². The standard InChI is InChI=1S/C32H56O6Si2/c1-29(2,3)39(11,12)37-25-19-21(17-23-27(25)35-31(7,8)33-23)15-16-22-18-24-28(36-32(9,10)34-24)26(20-22)38-40(13,14)30(4,5)6/h15-18,23-28H,19-20H2,1-14H3/b16-15+/t23-,24-,25+,26+,27-,28-/m1/s1. The normalized spacial score (nSPS) is 34.5. The molecule has 0 aromatic rings. The zero-order valence-electron chi connectivity index (χ0n) is 27.6. The average Bonchev–Trinajstić information content (AvgIpc) is 3.23. The van der Waals surface area contributed by atoms with Gasteiger partial charge in [0.15, 0.2) is 28.2 Å². The van der Waals surface area contributed by atoms with Gasteiger partial charge in [0.1, 0.15) is 24.4 Å². The Morgan fingerprint density at radius 3 is 1.27 bits per heavy atom. The summed E-state index contributed by atoms with van der Waals surface area (Å²) >= 11 is 0. The van der Waals surface area contributed by atoms with Gasteiger partial charge in [0.05, 0.1) is 12.2 Å². The van der Waals surface area contributed by atoms with Gasteiger partial charge in [0.2, 0.25) is 0 Å². The van der Waals surface area contributed by atoms with Crippen molar-refractivity contribution in [2.45, 2.75) is 167 Å². The Morgan fingerprint density at radius 2 is 0.975 bits per heavy atom. The van der Waals surface area contributed by atoms with Crippen molar-refractivity contribution in [1.29, 1.82) is 0 Å². The minimum Gasteiger partial charge on any atom is -0.411 e. The third-order valence-corrected chi connectivity index (χ3v) is 18.7. The van der Waals surface area contributed by atoms with Crippen LogP contribution in [0.3, 0.4) is 0 Å². The molecule has 0 radical (unpaired) electrons. The Bertz CT molecular complexity index is 961. The van der Waals surface area contributed by atoms with Gasteiger partial charge in [-0.1, -0.05) is 53.7 Å². The predicted octanol–water partition coefficient (Wildman–Crippen LogP) is 8.02. The molecule has 0 aromatic carbocycles. The van der Waals surface area contributed by atoms with Crippen molar-refractivity contribution in [2.24, 2.45) is 0 Å². The van der Waals surface area contributed by atoms with E-state index in [1.165, 1.54) is 11.1 Å². The molecule has 0 amide bonds. The molecular weight excluding hydrogens is 537 g/mol. The van der Waals surface area contributed by atoms with Crippen LogP contribution in [0, 0.1) is 0 Å². The lowest BCUT2D eigenvalue weighted by Gasteiger charge is -2.42. The summed E-state index contributed by atoms with van der Waals surface area (Å²) in [5.41, 5.74) is 2.44. The SMILES string of the molecule is CC1(C)O[C@H]2[C@@H](O[Si](C)(C)C(C)(C)C)CC(/C=C/C3=C[C@H]4OC(C)(C)O[C@H]4[C@@H](O[Si](C)(C)C(C)(C)C)C3)=C[C@H]2O1. The van der Waals surface area contributed by atoms with Gasteiger partial charge in [-0.05, 0) is 100 Å². The number of rotatable bonds is 6. The maximum Gasteiger partial charge on any atom is 0.192 e. The number of hydrogen-bond donors (Lipinski definition) is 0. The van der Waals surface area contributed by atoms with Gasteiger partial charge < -0.3 is 27.8 Å². The highest BCUT2D eigenvalue weighted by atomic mass is 28.4. The maximum absolute atomic E-state index is 6.95. The summed E-state index contributed by atoms with van der Waals surface area (Å²) in [4.78, 5) is 0. The Kier molecular flexibility index (Phi) is 8.52. The van der Waals surface area contributed by atoms with E-state index in [1.54, 1.807) is 0 Å². The van der Waals surface area contributed by atoms with Crippen molar-refractivity contribution in [1.82, 2.24) is 0 Å². The quantitative estimate of drug-likeness (QED) is 0.291. The fourth-order valence-corrected chi connectivity index (χ4v) is 8.17. The fraction of sp³-hybridized carbons (Fsp3) is 0.812. The highest BCUT2D eigenvalue weighted by Gasteiger charge is 2.51. The van der Waals surface area contributed by atoms with Crippen LogP contribution in [0.2, 0.25) is 36.3 Å². The van der Waals surface area contributed by atoms with Crippen LogP contribution in [0.15, 0.2) is 35.5 Å². The molecule has 6 nitrogen and oxygen atoms in total. The van der Waals surface area contributed by atoms with Crippen LogP contribution in [0.25, 0.3) is 0 Å². The van der Waals surface area contributed by atoms with Crippen LogP contribution in [0.1, 0.15) is 82.1 Å². The lowest BCUT2D eigenvalue weighted by molar-refractivity contribution is -0.151. The molecule has 0 spiro atoms. The minimum atomic E-state index is -2.00. The van der Waals surface area contributed by atoms with Crippen LogP contribution in [0.4, 0.5) is 0 Å². The third kappa shape index (κ3) is 6.96. The summed E-state index contributed by atoms with van der Waals surface area (Å²) in [5.74, 6) is -1.25.